The molecule has 0 atom stereocenters. The van der Waals surface area contributed by atoms with E-state index in [2.05, 4.69) is 0 Å². The van der Waals surface area contributed by atoms with Gasteiger partial charge in [-0.05, 0) is 11.0 Å². The van der Waals surface area contributed by atoms with Crippen LogP contribution in [0.2, 0.25) is 0 Å². The largest absolute Gasteiger partial charge is 2.00 e. The van der Waals surface area contributed by atoms with Crippen LogP contribution in [0.15, 0.2) is 0 Å². The van der Waals surface area contributed by atoms with Crippen LogP contribution < -0.4 is 29.6 Å². The Morgan fingerprint density at radius 2 is 1.25 bits per heavy atom. The molecular formula is H10AlMgNaSi. The van der Waals surface area contributed by atoms with Crippen LogP contribution in [0.3, 0.4) is 0 Å². The van der Waals surface area contributed by atoms with E-state index in [9.17, 15) is 0 Å². The van der Waals surface area contributed by atoms with Crippen molar-refractivity contribution in [2.24, 2.45) is 0 Å². The van der Waals surface area contributed by atoms with Crippen LogP contribution in [0, 0.1) is 0 Å². The molecule has 4 heteroatoms. The van der Waals surface area contributed by atoms with Gasteiger partial charge in [0.2, 0.25) is 0 Å². The van der Waals surface area contributed by atoms with Crippen LogP contribution in [0.4, 0.5) is 0 Å². The van der Waals surface area contributed by atoms with Gasteiger partial charge in [0.15, 0.2) is 17.4 Å². The van der Waals surface area contributed by atoms with Crippen molar-refractivity contribution < 1.29 is 33.8 Å². The van der Waals surface area contributed by atoms with Crippen molar-refractivity contribution in [2.75, 3.05) is 0 Å². The van der Waals surface area contributed by atoms with Crippen LogP contribution in [0.1, 0.15) is 4.28 Å². The number of hydrogen-bond donors (Lipinski definition) is 0. The molecule has 0 spiro atoms. The summed E-state index contributed by atoms with van der Waals surface area (Å²) in [6.45, 7) is 0. The normalized spacial score (nSPS) is 0. The van der Waals surface area contributed by atoms with Crippen molar-refractivity contribution in [2.45, 2.75) is 0 Å². The maximum Gasteiger partial charge on any atom is 2.00 e. The average molecular weight is 112 g/mol. The van der Waals surface area contributed by atoms with Gasteiger partial charge < -0.3 is 4.28 Å². The maximum absolute atomic E-state index is 0. The van der Waals surface area contributed by atoms with Crippen molar-refractivity contribution in [3.8, 4) is 0 Å². The van der Waals surface area contributed by atoms with E-state index in [0.29, 0.717) is 0 Å². The molecule has 0 amide bonds. The molecule has 0 saturated carbocycles. The monoisotopic (exact) mass is 112 g/mol. The van der Waals surface area contributed by atoms with Gasteiger partial charge in [-0.2, -0.15) is 0 Å². The summed E-state index contributed by atoms with van der Waals surface area (Å²) >= 11 is 0. The Labute approximate surface area is 84.2 Å². The molecule has 0 bridgehead atoms. The Hall–Kier alpha value is 2.52. The molecule has 0 rings (SSSR count). The smallest absolute Gasteiger partial charge is 1.00 e. The quantitative estimate of drug-likeness (QED) is 0.274. The van der Waals surface area contributed by atoms with Gasteiger partial charge in [0, 0.05) is 0 Å². The van der Waals surface area contributed by atoms with Gasteiger partial charge >= 0.3 is 52.6 Å². The summed E-state index contributed by atoms with van der Waals surface area (Å²) in [5.41, 5.74) is 0. The first-order valence-corrected chi connectivity index (χ1v) is 0. The van der Waals surface area contributed by atoms with E-state index in [1.54, 1.807) is 0 Å². The van der Waals surface area contributed by atoms with E-state index in [1.165, 1.54) is 0 Å². The predicted molar refractivity (Wildman–Crippen MR) is 30.4 cm³/mol. The van der Waals surface area contributed by atoms with Crippen molar-refractivity contribution in [3.63, 3.8) is 0 Å². The van der Waals surface area contributed by atoms with Gasteiger partial charge in [-0.1, -0.05) is 0 Å². The molecule has 0 radical (unpaired) electrons. The zero-order chi connectivity index (χ0) is 0. The average Bonchev–Trinajstić information content (AvgIpc) is 0. The Morgan fingerprint density at radius 3 is 1.25 bits per heavy atom. The molecule has 20 valence electrons. The van der Waals surface area contributed by atoms with E-state index < -0.39 is 0 Å². The van der Waals surface area contributed by atoms with E-state index in [4.69, 9.17) is 0 Å². The molecule has 0 nitrogen and oxygen atoms in total. The second-order valence-corrected chi connectivity index (χ2v) is 0. The summed E-state index contributed by atoms with van der Waals surface area (Å²) in [7, 11) is 0. The summed E-state index contributed by atoms with van der Waals surface area (Å²) in [4.78, 5) is 0. The molecule has 0 aromatic heterocycles. The molecule has 4 heavy (non-hydrogen) atoms. The fraction of sp³-hybridized carbons (Fsp3) is 0. The van der Waals surface area contributed by atoms with E-state index >= 15 is 0 Å². The zero-order valence-electron chi connectivity index (χ0n) is 4.71. The molecule has 0 aliphatic carbocycles. The Bertz CT molecular complexity index is 14.9. The fourth-order valence-electron chi connectivity index (χ4n) is 0. The molecule has 0 fully saturated rings. The van der Waals surface area contributed by atoms with Gasteiger partial charge in [0.1, 0.15) is 0 Å². The molecule has 0 aliphatic heterocycles. The summed E-state index contributed by atoms with van der Waals surface area (Å²) < 4.78 is 0. The second kappa shape index (κ2) is 17.8. The molecule has 0 aromatic rings. The predicted octanol–water partition coefficient (Wildman–Crippen LogP) is -5.67. The number of rotatable bonds is 0. The van der Waals surface area contributed by atoms with Crippen molar-refractivity contribution in [3.05, 3.63) is 0 Å². The summed E-state index contributed by atoms with van der Waals surface area (Å²) in [5, 5.41) is 0. The van der Waals surface area contributed by atoms with Crippen LogP contribution in [-0.2, 0) is 0 Å². The van der Waals surface area contributed by atoms with E-state index in [-0.39, 0.29) is 85.2 Å². The van der Waals surface area contributed by atoms with Crippen LogP contribution in [0.5, 0.6) is 0 Å². The topological polar surface area (TPSA) is 0 Å². The third-order valence-electron chi connectivity index (χ3n) is 0. The summed E-state index contributed by atoms with van der Waals surface area (Å²) in [6.07, 6.45) is 0. The summed E-state index contributed by atoms with van der Waals surface area (Å²) in [5.74, 6) is 0. The minimum Gasteiger partial charge on any atom is -1.00 e. The Balaban J connectivity index is 0. The van der Waals surface area contributed by atoms with Gasteiger partial charge in [0.05, 0.1) is 0 Å². The van der Waals surface area contributed by atoms with Crippen LogP contribution >= 0.6 is 0 Å². The number of hydrogen-bond acceptors (Lipinski definition) is 0. The van der Waals surface area contributed by atoms with Gasteiger partial charge in [-0.25, -0.2) is 0 Å². The van der Waals surface area contributed by atoms with E-state index in [0.717, 1.165) is 0 Å². The van der Waals surface area contributed by atoms with Gasteiger partial charge in [0.25, 0.3) is 0 Å². The maximum atomic E-state index is 0. The summed E-state index contributed by atoms with van der Waals surface area (Å²) in [6, 6.07) is 0. The van der Waals surface area contributed by atoms with Crippen molar-refractivity contribution >= 4 is 51.4 Å². The van der Waals surface area contributed by atoms with Crippen LogP contribution in [0.25, 0.3) is 0 Å². The SMILES string of the molecule is [AlH3].[H-].[H-].[H-].[Mg+2].[Na+].[SiH4]. The molecule has 0 saturated heterocycles. The second-order valence-electron chi connectivity index (χ2n) is 0. The molecular weight excluding hydrogens is 102 g/mol. The Kier molecular flexibility index (Phi) is 139. The molecule has 0 aromatic carbocycles. The fourth-order valence-corrected chi connectivity index (χ4v) is 0. The standard InChI is InChI=1S/Al.Mg.Na.H4Si.6H/h;;;1H4;;;;;;/q;+2;+1;;;;;3*-1. The molecule has 0 unspecified atom stereocenters. The molecule has 0 heterocycles. The first-order chi connectivity index (χ1) is 0. The zero-order valence-corrected chi connectivity index (χ0v) is 5.12. The first-order valence-electron chi connectivity index (χ1n) is 0. The van der Waals surface area contributed by atoms with Crippen molar-refractivity contribution in [1.29, 1.82) is 0 Å². The minimum atomic E-state index is 0. The first kappa shape index (κ1) is 31.3. The third-order valence-corrected chi connectivity index (χ3v) is 0. The minimum absolute atomic E-state index is 0. The third kappa shape index (κ3) is 8.82. The molecule has 0 N–H and O–H groups in total. The van der Waals surface area contributed by atoms with E-state index in [1.807, 2.05) is 0 Å². The molecule has 0 aliphatic rings. The van der Waals surface area contributed by atoms with Gasteiger partial charge in [-0.15, -0.1) is 0 Å². The Morgan fingerprint density at radius 1 is 1.25 bits per heavy atom. The van der Waals surface area contributed by atoms with Crippen LogP contribution in [-0.4, -0.2) is 51.4 Å². The van der Waals surface area contributed by atoms with Gasteiger partial charge in [-0.3, -0.25) is 0 Å². The van der Waals surface area contributed by atoms with Crippen molar-refractivity contribution in [1.82, 2.24) is 0 Å².